The smallest absolute Gasteiger partial charge is 0.330 e. The zero-order chi connectivity index (χ0) is 26.5. The van der Waals surface area contributed by atoms with E-state index < -0.39 is 5.97 Å². The predicted molar refractivity (Wildman–Crippen MR) is 151 cm³/mol. The molecule has 4 rings (SSSR count). The number of carboxylic acids is 1. The minimum atomic E-state index is -0.784. The van der Waals surface area contributed by atoms with E-state index in [0.29, 0.717) is 22.3 Å². The zero-order valence-electron chi connectivity index (χ0n) is 24.5. The fraction of sp³-hybridized carbons (Fsp3) is 0.909. The highest BCUT2D eigenvalue weighted by molar-refractivity contribution is 5.85. The second-order valence-corrected chi connectivity index (χ2v) is 13.8. The second-order valence-electron chi connectivity index (χ2n) is 13.8. The number of unbranched alkanes of at least 4 members (excludes halogenated alkanes) is 3. The van der Waals surface area contributed by atoms with Crippen LogP contribution in [0.5, 0.6) is 0 Å². The lowest BCUT2D eigenvalue weighted by molar-refractivity contribution is -0.132. The topological polar surface area (TPSA) is 57.5 Å². The number of hydrogen-bond donors (Lipinski definition) is 2. The minimum absolute atomic E-state index is 0.0518. The van der Waals surface area contributed by atoms with Crippen molar-refractivity contribution in [2.45, 2.75) is 144 Å². The van der Waals surface area contributed by atoms with Crippen molar-refractivity contribution in [3.63, 3.8) is 0 Å². The van der Waals surface area contributed by atoms with E-state index in [4.69, 9.17) is 5.11 Å². The molecular formula is C33H58O3. The molecule has 3 nitrogen and oxygen atoms in total. The van der Waals surface area contributed by atoms with Crippen molar-refractivity contribution >= 4 is 5.97 Å². The molecule has 4 fully saturated rings. The molecule has 9 unspecified atom stereocenters. The molecule has 3 heteroatoms. The molecular weight excluding hydrogens is 444 g/mol. The summed E-state index contributed by atoms with van der Waals surface area (Å²) in [5.74, 6) is 4.07. The number of carbonyl (C=O) groups is 1. The van der Waals surface area contributed by atoms with Gasteiger partial charge in [-0.25, -0.2) is 4.79 Å². The number of aliphatic hydroxyl groups excluding tert-OH is 1. The standard InChI is InChI=1S/C27H44O3.C6H14/c1-17(6-5-7-18(2)25(29)30)22-10-11-23-21-9-8-19-16-20(28)12-14-26(19,3)24(21)13-15-27(22,23)4;1-3-5-6-4-2/h7,17,19-24,28H,5-6,8-16H2,1-4H3,(H,29,30);3-6H2,1-2H3/b18-7+;. The normalized spacial score (nSPS) is 40.8. The maximum Gasteiger partial charge on any atom is 0.330 e. The first-order chi connectivity index (χ1) is 17.1. The molecule has 4 saturated carbocycles. The molecule has 0 aromatic heterocycles. The summed E-state index contributed by atoms with van der Waals surface area (Å²) >= 11 is 0. The van der Waals surface area contributed by atoms with Crippen LogP contribution in [0.4, 0.5) is 0 Å². The zero-order valence-corrected chi connectivity index (χ0v) is 24.5. The van der Waals surface area contributed by atoms with Crippen molar-refractivity contribution in [1.29, 1.82) is 0 Å². The van der Waals surface area contributed by atoms with Gasteiger partial charge in [-0.15, -0.1) is 0 Å². The van der Waals surface area contributed by atoms with E-state index >= 15 is 0 Å². The average Bonchev–Trinajstić information content (AvgIpc) is 3.20. The van der Waals surface area contributed by atoms with Gasteiger partial charge < -0.3 is 10.2 Å². The van der Waals surface area contributed by atoms with Gasteiger partial charge in [-0.05, 0) is 124 Å². The molecule has 9 atom stereocenters. The van der Waals surface area contributed by atoms with Gasteiger partial charge in [-0.3, -0.25) is 0 Å². The molecule has 0 aromatic carbocycles. The van der Waals surface area contributed by atoms with E-state index in [1.165, 1.54) is 70.6 Å². The van der Waals surface area contributed by atoms with Gasteiger partial charge in [0, 0.05) is 5.57 Å². The van der Waals surface area contributed by atoms with Gasteiger partial charge in [0.05, 0.1) is 6.10 Å². The Kier molecular flexibility index (Phi) is 10.6. The Morgan fingerprint density at radius 3 is 2.22 bits per heavy atom. The monoisotopic (exact) mass is 502 g/mol. The van der Waals surface area contributed by atoms with Crippen LogP contribution >= 0.6 is 0 Å². The highest BCUT2D eigenvalue weighted by Crippen LogP contribution is 2.68. The summed E-state index contributed by atoms with van der Waals surface area (Å²) in [6.45, 7) is 13.8. The number of aliphatic carboxylic acids is 1. The summed E-state index contributed by atoms with van der Waals surface area (Å²) in [7, 11) is 0. The van der Waals surface area contributed by atoms with E-state index in [1.807, 2.05) is 6.08 Å². The first kappa shape index (κ1) is 29.7. The minimum Gasteiger partial charge on any atom is -0.478 e. The Labute approximate surface area is 222 Å². The van der Waals surface area contributed by atoms with Crippen LogP contribution in [0.3, 0.4) is 0 Å². The number of rotatable bonds is 8. The molecule has 0 saturated heterocycles. The largest absolute Gasteiger partial charge is 0.478 e. The quantitative estimate of drug-likeness (QED) is 0.257. The summed E-state index contributed by atoms with van der Waals surface area (Å²) < 4.78 is 0. The molecule has 0 aliphatic heterocycles. The predicted octanol–water partition coefficient (Wildman–Crippen LogP) is 9.04. The van der Waals surface area contributed by atoms with Crippen LogP contribution in [0.2, 0.25) is 0 Å². The van der Waals surface area contributed by atoms with Crippen LogP contribution in [0.25, 0.3) is 0 Å². The number of carboxylic acid groups (broad SMARTS) is 1. The van der Waals surface area contributed by atoms with E-state index in [0.717, 1.165) is 55.3 Å². The van der Waals surface area contributed by atoms with Crippen molar-refractivity contribution in [3.8, 4) is 0 Å². The second kappa shape index (κ2) is 12.8. The Hall–Kier alpha value is -0.830. The van der Waals surface area contributed by atoms with Crippen LogP contribution < -0.4 is 0 Å². The molecule has 0 spiro atoms. The lowest BCUT2D eigenvalue weighted by Gasteiger charge is -2.61. The Morgan fingerprint density at radius 1 is 0.944 bits per heavy atom. The van der Waals surface area contributed by atoms with E-state index in [-0.39, 0.29) is 6.10 Å². The summed E-state index contributed by atoms with van der Waals surface area (Å²) in [4.78, 5) is 11.1. The first-order valence-electron chi connectivity index (χ1n) is 15.7. The Bertz CT molecular complexity index is 739. The molecule has 36 heavy (non-hydrogen) atoms. The van der Waals surface area contributed by atoms with Gasteiger partial charge in [-0.1, -0.05) is 66.4 Å². The molecule has 208 valence electrons. The Morgan fingerprint density at radius 2 is 1.58 bits per heavy atom. The number of aliphatic hydroxyl groups is 1. The number of hydrogen-bond acceptors (Lipinski definition) is 2. The van der Waals surface area contributed by atoms with Gasteiger partial charge in [0.2, 0.25) is 0 Å². The summed E-state index contributed by atoms with van der Waals surface area (Å²) in [5, 5.41) is 19.3. The van der Waals surface area contributed by atoms with Crippen LogP contribution in [-0.2, 0) is 4.79 Å². The van der Waals surface area contributed by atoms with Gasteiger partial charge in [0.25, 0.3) is 0 Å². The third-order valence-electron chi connectivity index (χ3n) is 11.8. The fourth-order valence-electron chi connectivity index (χ4n) is 9.56. The van der Waals surface area contributed by atoms with E-state index in [9.17, 15) is 9.90 Å². The molecule has 4 aliphatic carbocycles. The number of fused-ring (bicyclic) bond motifs is 5. The van der Waals surface area contributed by atoms with Gasteiger partial charge in [0.1, 0.15) is 0 Å². The van der Waals surface area contributed by atoms with Crippen molar-refractivity contribution in [2.75, 3.05) is 0 Å². The molecule has 2 N–H and O–H groups in total. The summed E-state index contributed by atoms with van der Waals surface area (Å²) in [6, 6.07) is 0. The summed E-state index contributed by atoms with van der Waals surface area (Å²) in [6.07, 6.45) is 21.0. The molecule has 0 radical (unpaired) electrons. The van der Waals surface area contributed by atoms with Gasteiger partial charge >= 0.3 is 5.97 Å². The highest BCUT2D eigenvalue weighted by Gasteiger charge is 2.60. The average molecular weight is 503 g/mol. The van der Waals surface area contributed by atoms with Crippen LogP contribution in [0.1, 0.15) is 138 Å². The molecule has 0 heterocycles. The highest BCUT2D eigenvalue weighted by atomic mass is 16.4. The third kappa shape index (κ3) is 6.24. The van der Waals surface area contributed by atoms with Gasteiger partial charge in [-0.2, -0.15) is 0 Å². The third-order valence-corrected chi connectivity index (χ3v) is 11.8. The van der Waals surface area contributed by atoms with E-state index in [1.54, 1.807) is 6.92 Å². The van der Waals surface area contributed by atoms with Crippen LogP contribution in [0.15, 0.2) is 11.6 Å². The molecule has 0 aromatic rings. The molecule has 4 aliphatic rings. The van der Waals surface area contributed by atoms with Crippen molar-refractivity contribution in [3.05, 3.63) is 11.6 Å². The number of allylic oxidation sites excluding steroid dienone is 1. The lowest BCUT2D eigenvalue weighted by Crippen LogP contribution is -2.54. The van der Waals surface area contributed by atoms with Crippen molar-refractivity contribution in [2.24, 2.45) is 46.3 Å². The Balaban J connectivity index is 0.000000538. The molecule has 0 amide bonds. The SMILES string of the molecule is C/C(=C\CCC(C)C1CCC2C3CCC4CC(O)CCC4(C)C3CCC12C)C(=O)O.CCCCCC. The first-order valence-corrected chi connectivity index (χ1v) is 15.7. The summed E-state index contributed by atoms with van der Waals surface area (Å²) in [5.41, 5.74) is 1.43. The maximum absolute atomic E-state index is 11.1. The van der Waals surface area contributed by atoms with Crippen molar-refractivity contribution in [1.82, 2.24) is 0 Å². The van der Waals surface area contributed by atoms with Crippen molar-refractivity contribution < 1.29 is 15.0 Å². The van der Waals surface area contributed by atoms with Crippen LogP contribution in [-0.4, -0.2) is 22.3 Å². The molecule has 0 bridgehead atoms. The maximum atomic E-state index is 11.1. The lowest BCUT2D eigenvalue weighted by atomic mass is 9.44. The fourth-order valence-corrected chi connectivity index (χ4v) is 9.56. The van der Waals surface area contributed by atoms with Crippen LogP contribution in [0, 0.1) is 46.3 Å². The van der Waals surface area contributed by atoms with Gasteiger partial charge in [0.15, 0.2) is 0 Å². The van der Waals surface area contributed by atoms with E-state index in [2.05, 4.69) is 34.6 Å².